The third-order valence-corrected chi connectivity index (χ3v) is 4.64. The van der Waals surface area contributed by atoms with E-state index in [1.165, 1.54) is 19.2 Å². The Kier molecular flexibility index (Phi) is 4.74. The van der Waals surface area contributed by atoms with Crippen LogP contribution in [-0.2, 0) is 19.5 Å². The van der Waals surface area contributed by atoms with Crippen molar-refractivity contribution in [2.75, 3.05) is 20.3 Å². The molecule has 1 N–H and O–H groups in total. The van der Waals surface area contributed by atoms with E-state index in [2.05, 4.69) is 9.46 Å². The summed E-state index contributed by atoms with van der Waals surface area (Å²) in [5, 5.41) is 0. The Morgan fingerprint density at radius 1 is 1.40 bits per heavy atom. The van der Waals surface area contributed by atoms with Crippen LogP contribution < -0.4 is 4.72 Å². The predicted octanol–water partition coefficient (Wildman–Crippen LogP) is 0.930. The topological polar surface area (TPSA) is 81.7 Å². The monoisotopic (exact) mass is 299 g/mol. The van der Waals surface area contributed by atoms with Crippen LogP contribution in [0.25, 0.3) is 0 Å². The Bertz CT molecular complexity index is 578. The summed E-state index contributed by atoms with van der Waals surface area (Å²) in [6, 6.07) is 5.71. The van der Waals surface area contributed by atoms with Gasteiger partial charge in [-0.3, -0.25) is 0 Å². The summed E-state index contributed by atoms with van der Waals surface area (Å²) in [5.41, 5.74) is 0.0271. The number of hydrogen-bond donors (Lipinski definition) is 1. The van der Waals surface area contributed by atoms with E-state index >= 15 is 0 Å². The van der Waals surface area contributed by atoms with Crippen molar-refractivity contribution in [3.05, 3.63) is 29.8 Å². The van der Waals surface area contributed by atoms with Gasteiger partial charge in [-0.2, -0.15) is 0 Å². The second kappa shape index (κ2) is 6.34. The van der Waals surface area contributed by atoms with Crippen LogP contribution in [0, 0.1) is 0 Å². The van der Waals surface area contributed by atoms with E-state index in [-0.39, 0.29) is 16.5 Å². The molecule has 0 bridgehead atoms. The molecule has 1 aliphatic rings. The Balaban J connectivity index is 2.27. The number of carbonyl (C=O) groups excluding carboxylic acids is 1. The van der Waals surface area contributed by atoms with Crippen molar-refractivity contribution in [3.63, 3.8) is 0 Å². The molecule has 20 heavy (non-hydrogen) atoms. The molecule has 1 heterocycles. The molecule has 0 radical (unpaired) electrons. The van der Waals surface area contributed by atoms with Gasteiger partial charge >= 0.3 is 5.97 Å². The maximum absolute atomic E-state index is 12.4. The van der Waals surface area contributed by atoms with Gasteiger partial charge in [0.15, 0.2) is 0 Å². The average Bonchev–Trinajstić information content (AvgIpc) is 2.47. The van der Waals surface area contributed by atoms with E-state index in [9.17, 15) is 13.2 Å². The Labute approximate surface area is 118 Å². The molecule has 6 nitrogen and oxygen atoms in total. The highest BCUT2D eigenvalue weighted by molar-refractivity contribution is 7.89. The molecule has 1 aromatic carbocycles. The molecule has 0 aromatic heterocycles. The molecule has 7 heteroatoms. The van der Waals surface area contributed by atoms with Crippen LogP contribution in [0.2, 0.25) is 0 Å². The first-order valence-electron chi connectivity index (χ1n) is 6.32. The van der Waals surface area contributed by atoms with Gasteiger partial charge in [0.25, 0.3) is 0 Å². The van der Waals surface area contributed by atoms with Crippen molar-refractivity contribution < 1.29 is 22.7 Å². The number of esters is 1. The predicted molar refractivity (Wildman–Crippen MR) is 71.9 cm³/mol. The number of nitrogens with one attached hydrogen (secondary N) is 1. The maximum atomic E-state index is 12.4. The van der Waals surface area contributed by atoms with E-state index in [1.807, 2.05) is 0 Å². The van der Waals surface area contributed by atoms with Crippen LogP contribution >= 0.6 is 0 Å². The van der Waals surface area contributed by atoms with E-state index < -0.39 is 16.0 Å². The molecule has 1 atom stereocenters. The van der Waals surface area contributed by atoms with Gasteiger partial charge in [0, 0.05) is 12.6 Å². The highest BCUT2D eigenvalue weighted by Gasteiger charge is 2.26. The highest BCUT2D eigenvalue weighted by Crippen LogP contribution is 2.18. The lowest BCUT2D eigenvalue weighted by molar-refractivity contribution is 0.0596. The van der Waals surface area contributed by atoms with Gasteiger partial charge < -0.3 is 9.47 Å². The number of carbonyl (C=O) groups is 1. The van der Waals surface area contributed by atoms with Crippen LogP contribution in [0.5, 0.6) is 0 Å². The van der Waals surface area contributed by atoms with Gasteiger partial charge in [-0.25, -0.2) is 17.9 Å². The quantitative estimate of drug-likeness (QED) is 0.836. The average molecular weight is 299 g/mol. The molecule has 110 valence electrons. The zero-order valence-corrected chi connectivity index (χ0v) is 12.0. The molecule has 1 fully saturated rings. The summed E-state index contributed by atoms with van der Waals surface area (Å²) >= 11 is 0. The highest BCUT2D eigenvalue weighted by atomic mass is 32.2. The lowest BCUT2D eigenvalue weighted by Crippen LogP contribution is -2.41. The number of sulfonamides is 1. The van der Waals surface area contributed by atoms with Gasteiger partial charge in [0.05, 0.1) is 24.2 Å². The van der Waals surface area contributed by atoms with Crippen LogP contribution in [0.3, 0.4) is 0 Å². The second-order valence-electron chi connectivity index (χ2n) is 4.52. The summed E-state index contributed by atoms with van der Waals surface area (Å²) in [6.45, 7) is 0.997. The number of benzene rings is 1. The first-order valence-corrected chi connectivity index (χ1v) is 7.80. The summed E-state index contributed by atoms with van der Waals surface area (Å²) in [6.07, 6.45) is 1.53. The molecule has 0 spiro atoms. The molecule has 0 saturated carbocycles. The zero-order valence-electron chi connectivity index (χ0n) is 11.2. The van der Waals surface area contributed by atoms with Crippen LogP contribution in [-0.4, -0.2) is 40.8 Å². The van der Waals surface area contributed by atoms with E-state index in [1.54, 1.807) is 12.1 Å². The summed E-state index contributed by atoms with van der Waals surface area (Å²) in [4.78, 5) is 11.6. The third-order valence-electron chi connectivity index (χ3n) is 3.06. The van der Waals surface area contributed by atoms with Gasteiger partial charge in [0.1, 0.15) is 0 Å². The van der Waals surface area contributed by atoms with Crippen LogP contribution in [0.4, 0.5) is 0 Å². The number of ether oxygens (including phenoxy) is 2. The van der Waals surface area contributed by atoms with Crippen molar-refractivity contribution >= 4 is 16.0 Å². The standard InChI is InChI=1S/C13H17NO5S/c1-18-13(15)11-6-2-3-7-12(11)20(16,17)14-10-5-4-8-19-9-10/h2-3,6-7,10,14H,4-5,8-9H2,1H3. The minimum atomic E-state index is -3.78. The number of rotatable bonds is 4. The smallest absolute Gasteiger partial charge is 0.339 e. The number of hydrogen-bond acceptors (Lipinski definition) is 5. The fourth-order valence-electron chi connectivity index (χ4n) is 2.10. The van der Waals surface area contributed by atoms with Crippen LogP contribution in [0.1, 0.15) is 23.2 Å². The first kappa shape index (κ1) is 15.0. The van der Waals surface area contributed by atoms with Crippen molar-refractivity contribution in [1.82, 2.24) is 4.72 Å². The zero-order chi connectivity index (χ0) is 14.6. The SMILES string of the molecule is COC(=O)c1ccccc1S(=O)(=O)NC1CCCOC1. The largest absolute Gasteiger partial charge is 0.465 e. The number of methoxy groups -OCH3 is 1. The summed E-state index contributed by atoms with van der Waals surface area (Å²) in [7, 11) is -2.56. The van der Waals surface area contributed by atoms with E-state index in [4.69, 9.17) is 4.74 Å². The van der Waals surface area contributed by atoms with E-state index in [0.717, 1.165) is 12.8 Å². The van der Waals surface area contributed by atoms with Gasteiger partial charge in [-0.15, -0.1) is 0 Å². The Morgan fingerprint density at radius 3 is 2.80 bits per heavy atom. The second-order valence-corrected chi connectivity index (χ2v) is 6.21. The van der Waals surface area contributed by atoms with Crippen molar-refractivity contribution in [1.29, 1.82) is 0 Å². The normalized spacial score (nSPS) is 19.6. The maximum Gasteiger partial charge on any atom is 0.339 e. The van der Waals surface area contributed by atoms with Gasteiger partial charge in [-0.1, -0.05) is 12.1 Å². The molecular weight excluding hydrogens is 282 g/mol. The van der Waals surface area contributed by atoms with Crippen molar-refractivity contribution in [3.8, 4) is 0 Å². The molecule has 1 saturated heterocycles. The Hall–Kier alpha value is -1.44. The van der Waals surface area contributed by atoms with Gasteiger partial charge in [0.2, 0.25) is 10.0 Å². The van der Waals surface area contributed by atoms with Crippen molar-refractivity contribution in [2.45, 2.75) is 23.8 Å². The first-order chi connectivity index (χ1) is 9.54. The lowest BCUT2D eigenvalue weighted by Gasteiger charge is -2.23. The molecule has 1 aliphatic heterocycles. The fraction of sp³-hybridized carbons (Fsp3) is 0.462. The van der Waals surface area contributed by atoms with Crippen molar-refractivity contribution in [2.24, 2.45) is 0 Å². The fourth-order valence-corrected chi connectivity index (χ4v) is 3.55. The summed E-state index contributed by atoms with van der Waals surface area (Å²) < 4.78 is 37.2. The molecular formula is C13H17NO5S. The lowest BCUT2D eigenvalue weighted by atomic mass is 10.1. The van der Waals surface area contributed by atoms with Crippen LogP contribution in [0.15, 0.2) is 29.2 Å². The summed E-state index contributed by atoms with van der Waals surface area (Å²) in [5.74, 6) is -0.675. The minimum absolute atomic E-state index is 0.0271. The molecule has 1 unspecified atom stereocenters. The molecule has 0 aliphatic carbocycles. The van der Waals surface area contributed by atoms with Gasteiger partial charge in [-0.05, 0) is 25.0 Å². The Morgan fingerprint density at radius 2 is 2.15 bits per heavy atom. The van der Waals surface area contributed by atoms with E-state index in [0.29, 0.717) is 13.2 Å². The minimum Gasteiger partial charge on any atom is -0.465 e. The molecule has 0 amide bonds. The molecule has 1 aromatic rings. The third kappa shape index (κ3) is 3.36. The molecule has 2 rings (SSSR count).